The van der Waals surface area contributed by atoms with E-state index in [0.717, 1.165) is 37.0 Å². The number of nitrogens with one attached hydrogen (secondary N) is 1. The van der Waals surface area contributed by atoms with Crippen molar-refractivity contribution < 1.29 is 21.9 Å². The van der Waals surface area contributed by atoms with Gasteiger partial charge in [-0.15, -0.1) is 3.89 Å². The van der Waals surface area contributed by atoms with Gasteiger partial charge in [-0.25, -0.2) is 4.79 Å². The molecule has 20 heavy (non-hydrogen) atoms. The molecule has 1 saturated carbocycles. The molecule has 3 amide bonds. The fourth-order valence-corrected chi connectivity index (χ4v) is 3.33. The molecule has 1 heterocycles. The van der Waals surface area contributed by atoms with Crippen LogP contribution in [0.15, 0.2) is 0 Å². The Morgan fingerprint density at radius 1 is 1.10 bits per heavy atom. The number of hydrogen-bond acceptors (Lipinski definition) is 4. The first kappa shape index (κ1) is 15.2. The molecule has 1 aliphatic carbocycles. The first-order chi connectivity index (χ1) is 9.34. The Morgan fingerprint density at radius 2 is 1.65 bits per heavy atom. The average Bonchev–Trinajstić information content (AvgIpc) is 2.54. The summed E-state index contributed by atoms with van der Waals surface area (Å²) in [6, 6.07) is -0.612. The third kappa shape index (κ3) is 3.28. The van der Waals surface area contributed by atoms with E-state index >= 15 is 0 Å². The number of carbonyl (C=O) groups is 2. The van der Waals surface area contributed by atoms with E-state index in [4.69, 9.17) is 0 Å². The van der Waals surface area contributed by atoms with Crippen LogP contribution in [0.4, 0.5) is 8.68 Å². The van der Waals surface area contributed by atoms with Gasteiger partial charge in [0, 0.05) is 6.54 Å². The van der Waals surface area contributed by atoms with E-state index in [-0.39, 0.29) is 0 Å². The second-order valence-corrected chi connectivity index (χ2v) is 6.97. The molecule has 2 fully saturated rings. The maximum absolute atomic E-state index is 12.6. The molecule has 0 unspecified atom stereocenters. The molecule has 6 nitrogen and oxygen atoms in total. The van der Waals surface area contributed by atoms with Crippen LogP contribution >= 0.6 is 0 Å². The molecule has 114 valence electrons. The summed E-state index contributed by atoms with van der Waals surface area (Å²) in [5.74, 6) is -1.25. The highest BCUT2D eigenvalue weighted by Crippen LogP contribution is 2.31. The summed E-state index contributed by atoms with van der Waals surface area (Å²) in [7, 11) is -4.69. The zero-order chi connectivity index (χ0) is 14.8. The highest BCUT2D eigenvalue weighted by atomic mass is 32.3. The minimum Gasteiger partial charge on any atom is -0.323 e. The predicted molar refractivity (Wildman–Crippen MR) is 70.2 cm³/mol. The van der Waals surface area contributed by atoms with Crippen LogP contribution in [0.1, 0.15) is 44.9 Å². The van der Waals surface area contributed by atoms with Crippen molar-refractivity contribution in [1.82, 2.24) is 10.2 Å². The third-order valence-corrected chi connectivity index (χ3v) is 4.68. The zero-order valence-electron chi connectivity index (χ0n) is 11.2. The number of imide groups is 1. The number of carbonyl (C=O) groups excluding carboxylic acids is 2. The van der Waals surface area contributed by atoms with Crippen molar-refractivity contribution in [2.75, 3.05) is 12.3 Å². The van der Waals surface area contributed by atoms with Crippen molar-refractivity contribution >= 4 is 22.2 Å². The van der Waals surface area contributed by atoms with E-state index in [1.807, 2.05) is 0 Å². The van der Waals surface area contributed by atoms with Crippen LogP contribution in [-0.4, -0.2) is 43.1 Å². The average molecular weight is 306 g/mol. The Morgan fingerprint density at radius 3 is 2.20 bits per heavy atom. The fraction of sp³-hybridized carbons (Fsp3) is 0.833. The van der Waals surface area contributed by atoms with Gasteiger partial charge in [0.2, 0.25) is 0 Å². The van der Waals surface area contributed by atoms with Crippen LogP contribution < -0.4 is 5.32 Å². The van der Waals surface area contributed by atoms with Gasteiger partial charge in [-0.05, 0) is 12.8 Å². The highest BCUT2D eigenvalue weighted by molar-refractivity contribution is 7.86. The molecule has 0 bridgehead atoms. The number of urea groups is 1. The quantitative estimate of drug-likeness (QED) is 0.629. The molecule has 8 heteroatoms. The summed E-state index contributed by atoms with van der Waals surface area (Å²) in [4.78, 5) is 25.1. The lowest BCUT2D eigenvalue weighted by Crippen LogP contribution is -2.47. The topological polar surface area (TPSA) is 83.6 Å². The molecule has 2 rings (SSSR count). The molecule has 1 spiro atoms. The van der Waals surface area contributed by atoms with E-state index < -0.39 is 40.0 Å². The number of nitrogens with zero attached hydrogens (tertiary/aromatic N) is 1. The summed E-state index contributed by atoms with van der Waals surface area (Å²) in [6.45, 7) is -0.425. The van der Waals surface area contributed by atoms with Crippen molar-refractivity contribution in [3.05, 3.63) is 0 Å². The molecule has 0 aromatic heterocycles. The molecule has 1 saturated heterocycles. The maximum Gasteiger partial charge on any atom is 0.325 e. The fourth-order valence-electron chi connectivity index (χ4n) is 2.93. The van der Waals surface area contributed by atoms with E-state index in [1.165, 1.54) is 0 Å². The maximum atomic E-state index is 12.6. The second-order valence-electron chi connectivity index (χ2n) is 5.48. The van der Waals surface area contributed by atoms with Crippen molar-refractivity contribution in [1.29, 1.82) is 0 Å². The lowest BCUT2D eigenvalue weighted by molar-refractivity contribution is -0.131. The standard InChI is InChI=1S/C12H19FN2O4S/c13-20(18,19)9-8-15-10(16)12(14-11(15)17)6-4-2-1-3-5-7-12/h1-9H2,(H,14,17). The number of halogens is 1. The Balaban J connectivity index is 2.10. The summed E-state index contributed by atoms with van der Waals surface area (Å²) in [5.41, 5.74) is -0.905. The van der Waals surface area contributed by atoms with Crippen LogP contribution in [0, 0.1) is 0 Å². The first-order valence-electron chi connectivity index (χ1n) is 6.91. The Hall–Kier alpha value is -1.18. The Kier molecular flexibility index (Phi) is 4.31. The smallest absolute Gasteiger partial charge is 0.323 e. The highest BCUT2D eigenvalue weighted by Gasteiger charge is 2.50. The summed E-state index contributed by atoms with van der Waals surface area (Å²) in [6.07, 6.45) is 5.99. The van der Waals surface area contributed by atoms with Gasteiger partial charge < -0.3 is 5.32 Å². The predicted octanol–water partition coefficient (Wildman–Crippen LogP) is 1.32. The van der Waals surface area contributed by atoms with Gasteiger partial charge in [-0.2, -0.15) is 8.42 Å². The van der Waals surface area contributed by atoms with Gasteiger partial charge in [0.05, 0.1) is 5.75 Å². The molecule has 0 aromatic rings. The van der Waals surface area contributed by atoms with Crippen molar-refractivity contribution in [3.8, 4) is 0 Å². The van der Waals surface area contributed by atoms with Gasteiger partial charge in [0.15, 0.2) is 0 Å². The van der Waals surface area contributed by atoms with E-state index in [2.05, 4.69) is 5.32 Å². The zero-order valence-corrected chi connectivity index (χ0v) is 12.0. The third-order valence-electron chi connectivity index (χ3n) is 4.01. The Labute approximate surface area is 117 Å². The molecule has 2 aliphatic rings. The molecule has 0 radical (unpaired) electrons. The summed E-state index contributed by atoms with van der Waals surface area (Å²) < 4.78 is 33.6. The Bertz CT molecular complexity index is 498. The van der Waals surface area contributed by atoms with Gasteiger partial charge in [0.25, 0.3) is 5.91 Å². The number of rotatable bonds is 3. The van der Waals surface area contributed by atoms with Gasteiger partial charge >= 0.3 is 16.3 Å². The van der Waals surface area contributed by atoms with E-state index in [9.17, 15) is 21.9 Å². The van der Waals surface area contributed by atoms with Crippen LogP contribution in [0.3, 0.4) is 0 Å². The SMILES string of the molecule is O=C1NC2(CCCCCCC2)C(=O)N1CCS(=O)(=O)F. The minimum absolute atomic E-state index is 0.409. The van der Waals surface area contributed by atoms with Crippen LogP contribution in [0.25, 0.3) is 0 Å². The van der Waals surface area contributed by atoms with Crippen LogP contribution in [0.2, 0.25) is 0 Å². The van der Waals surface area contributed by atoms with Crippen LogP contribution in [0.5, 0.6) is 0 Å². The molecule has 1 aliphatic heterocycles. The normalized spacial score (nSPS) is 23.6. The second kappa shape index (κ2) is 5.67. The van der Waals surface area contributed by atoms with Crippen molar-refractivity contribution in [2.45, 2.75) is 50.5 Å². The molecule has 0 atom stereocenters. The molecule has 0 aromatic carbocycles. The first-order valence-corrected chi connectivity index (χ1v) is 8.46. The summed E-state index contributed by atoms with van der Waals surface area (Å²) >= 11 is 0. The molecular formula is C12H19FN2O4S. The van der Waals surface area contributed by atoms with Gasteiger partial charge in [-0.1, -0.05) is 32.1 Å². The van der Waals surface area contributed by atoms with Crippen molar-refractivity contribution in [2.24, 2.45) is 0 Å². The van der Waals surface area contributed by atoms with Crippen molar-refractivity contribution in [3.63, 3.8) is 0 Å². The lowest BCUT2D eigenvalue weighted by Gasteiger charge is -2.28. The van der Waals surface area contributed by atoms with Gasteiger partial charge in [0.1, 0.15) is 5.54 Å². The lowest BCUT2D eigenvalue weighted by atomic mass is 9.84. The minimum atomic E-state index is -4.69. The monoisotopic (exact) mass is 306 g/mol. The van der Waals surface area contributed by atoms with E-state index in [0.29, 0.717) is 12.8 Å². The van der Waals surface area contributed by atoms with Crippen LogP contribution in [-0.2, 0) is 15.0 Å². The molecule has 1 N–H and O–H groups in total. The molecular weight excluding hydrogens is 287 g/mol. The van der Waals surface area contributed by atoms with Gasteiger partial charge in [-0.3, -0.25) is 9.69 Å². The number of amides is 3. The largest absolute Gasteiger partial charge is 0.325 e. The van der Waals surface area contributed by atoms with E-state index in [1.54, 1.807) is 0 Å². The summed E-state index contributed by atoms with van der Waals surface area (Å²) in [5, 5.41) is 2.69. The number of hydrogen-bond donors (Lipinski definition) is 1.